The number of carbonyl (C=O) groups excluding carboxylic acids is 1. The van der Waals surface area contributed by atoms with Gasteiger partial charge in [-0.3, -0.25) is 4.79 Å². The van der Waals surface area contributed by atoms with Gasteiger partial charge in [0.1, 0.15) is 6.26 Å². The highest BCUT2D eigenvalue weighted by Crippen LogP contribution is 2.23. The maximum atomic E-state index is 12.2. The molecule has 5 heteroatoms. The van der Waals surface area contributed by atoms with Gasteiger partial charge in [-0.2, -0.15) is 5.10 Å². The van der Waals surface area contributed by atoms with Crippen LogP contribution in [0.15, 0.2) is 89.9 Å². The number of aromatic nitrogens is 2. The van der Waals surface area contributed by atoms with E-state index in [1.54, 1.807) is 6.07 Å². The predicted molar refractivity (Wildman–Crippen MR) is 98.9 cm³/mol. The maximum absolute atomic E-state index is 12.2. The van der Waals surface area contributed by atoms with Crippen LogP contribution in [0.25, 0.3) is 16.9 Å². The van der Waals surface area contributed by atoms with E-state index in [0.29, 0.717) is 12.1 Å². The summed E-state index contributed by atoms with van der Waals surface area (Å²) in [5.74, 6) is -0.176. The smallest absolute Gasteiger partial charge is 0.254 e. The zero-order valence-electron chi connectivity index (χ0n) is 14.0. The second-order valence-corrected chi connectivity index (χ2v) is 5.84. The molecule has 128 valence electrons. The van der Waals surface area contributed by atoms with Crippen LogP contribution in [0.4, 0.5) is 0 Å². The van der Waals surface area contributed by atoms with Crippen molar-refractivity contribution in [2.75, 3.05) is 0 Å². The van der Waals surface area contributed by atoms with Crippen LogP contribution >= 0.6 is 0 Å². The number of carbonyl (C=O) groups is 1. The van der Waals surface area contributed by atoms with Crippen molar-refractivity contribution in [2.24, 2.45) is 0 Å². The lowest BCUT2D eigenvalue weighted by Gasteiger charge is -2.04. The van der Waals surface area contributed by atoms with E-state index in [0.717, 1.165) is 22.5 Å². The third-order valence-corrected chi connectivity index (χ3v) is 4.08. The molecule has 0 saturated carbocycles. The molecule has 4 rings (SSSR count). The molecule has 1 N–H and O–H groups in total. The molecule has 26 heavy (non-hydrogen) atoms. The fourth-order valence-electron chi connectivity index (χ4n) is 2.76. The molecular formula is C21H17N3O2. The second-order valence-electron chi connectivity index (χ2n) is 5.84. The Kier molecular flexibility index (Phi) is 4.35. The van der Waals surface area contributed by atoms with Gasteiger partial charge in [0.25, 0.3) is 5.91 Å². The summed E-state index contributed by atoms with van der Waals surface area (Å²) in [4.78, 5) is 12.2. The number of furan rings is 1. The Labute approximate surface area is 150 Å². The minimum atomic E-state index is -0.176. The Morgan fingerprint density at radius 3 is 2.42 bits per heavy atom. The lowest BCUT2D eigenvalue weighted by molar-refractivity contribution is 0.0950. The topological polar surface area (TPSA) is 60.1 Å². The summed E-state index contributed by atoms with van der Waals surface area (Å²) in [7, 11) is 0. The Morgan fingerprint density at radius 1 is 1.00 bits per heavy atom. The van der Waals surface area contributed by atoms with Gasteiger partial charge in [0, 0.05) is 23.9 Å². The van der Waals surface area contributed by atoms with Gasteiger partial charge in [-0.1, -0.05) is 48.5 Å². The van der Waals surface area contributed by atoms with Crippen LogP contribution < -0.4 is 5.32 Å². The number of benzene rings is 2. The zero-order valence-corrected chi connectivity index (χ0v) is 14.0. The van der Waals surface area contributed by atoms with E-state index in [9.17, 15) is 4.79 Å². The van der Waals surface area contributed by atoms with Crippen LogP contribution in [0.2, 0.25) is 0 Å². The SMILES string of the molecule is O=C(NCc1cn(-c2ccccc2)nc1-c1ccccc1)c1ccoc1. The van der Waals surface area contributed by atoms with Crippen molar-refractivity contribution in [2.45, 2.75) is 6.54 Å². The highest BCUT2D eigenvalue weighted by atomic mass is 16.3. The van der Waals surface area contributed by atoms with E-state index in [1.165, 1.54) is 12.5 Å². The van der Waals surface area contributed by atoms with E-state index in [2.05, 4.69) is 5.32 Å². The molecule has 0 aliphatic heterocycles. The fourth-order valence-corrected chi connectivity index (χ4v) is 2.76. The first-order chi connectivity index (χ1) is 12.8. The first-order valence-electron chi connectivity index (χ1n) is 8.31. The number of amides is 1. The Bertz CT molecular complexity index is 990. The van der Waals surface area contributed by atoms with Crippen molar-refractivity contribution in [3.05, 3.63) is 96.6 Å². The van der Waals surface area contributed by atoms with Crippen LogP contribution in [-0.4, -0.2) is 15.7 Å². The fraction of sp³-hybridized carbons (Fsp3) is 0.0476. The van der Waals surface area contributed by atoms with E-state index in [1.807, 2.05) is 71.5 Å². The van der Waals surface area contributed by atoms with Crippen LogP contribution in [0.3, 0.4) is 0 Å². The Morgan fingerprint density at radius 2 is 1.73 bits per heavy atom. The van der Waals surface area contributed by atoms with Crippen LogP contribution in [-0.2, 0) is 6.54 Å². The molecule has 0 saturated heterocycles. The van der Waals surface area contributed by atoms with Gasteiger partial charge in [-0.05, 0) is 18.2 Å². The van der Waals surface area contributed by atoms with Gasteiger partial charge in [0.15, 0.2) is 0 Å². The molecule has 0 bridgehead atoms. The molecule has 2 heterocycles. The average Bonchev–Trinajstić information content (AvgIpc) is 3.38. The normalized spacial score (nSPS) is 10.6. The minimum absolute atomic E-state index is 0.176. The van der Waals surface area contributed by atoms with E-state index in [4.69, 9.17) is 9.52 Å². The molecule has 5 nitrogen and oxygen atoms in total. The molecule has 0 fully saturated rings. The van der Waals surface area contributed by atoms with Gasteiger partial charge < -0.3 is 9.73 Å². The monoisotopic (exact) mass is 343 g/mol. The third kappa shape index (κ3) is 3.28. The minimum Gasteiger partial charge on any atom is -0.472 e. The Balaban J connectivity index is 1.65. The van der Waals surface area contributed by atoms with Crippen molar-refractivity contribution in [3.8, 4) is 16.9 Å². The summed E-state index contributed by atoms with van der Waals surface area (Å²) >= 11 is 0. The molecular weight excluding hydrogens is 326 g/mol. The van der Waals surface area contributed by atoms with Crippen molar-refractivity contribution in [1.29, 1.82) is 0 Å². The van der Waals surface area contributed by atoms with Gasteiger partial charge in [0.2, 0.25) is 0 Å². The van der Waals surface area contributed by atoms with Gasteiger partial charge in [-0.25, -0.2) is 4.68 Å². The van der Waals surface area contributed by atoms with E-state index < -0.39 is 0 Å². The summed E-state index contributed by atoms with van der Waals surface area (Å²) in [6, 6.07) is 21.5. The van der Waals surface area contributed by atoms with Crippen molar-refractivity contribution in [1.82, 2.24) is 15.1 Å². The van der Waals surface area contributed by atoms with Gasteiger partial charge in [-0.15, -0.1) is 0 Å². The summed E-state index contributed by atoms with van der Waals surface area (Å²) in [5.41, 5.74) is 4.27. The van der Waals surface area contributed by atoms with Gasteiger partial charge in [0.05, 0.1) is 23.2 Å². The third-order valence-electron chi connectivity index (χ3n) is 4.08. The number of hydrogen-bond acceptors (Lipinski definition) is 3. The molecule has 0 unspecified atom stereocenters. The molecule has 0 aliphatic carbocycles. The van der Waals surface area contributed by atoms with Crippen molar-refractivity contribution >= 4 is 5.91 Å². The summed E-state index contributed by atoms with van der Waals surface area (Å²) < 4.78 is 6.80. The highest BCUT2D eigenvalue weighted by molar-refractivity contribution is 5.93. The first kappa shape index (κ1) is 15.9. The zero-order chi connectivity index (χ0) is 17.8. The molecule has 4 aromatic rings. The standard InChI is InChI=1S/C21H17N3O2/c25-21(17-11-12-26-15-17)22-13-18-14-24(19-9-5-2-6-10-19)23-20(18)16-7-3-1-4-8-16/h1-12,14-15H,13H2,(H,22,25). The molecule has 2 aromatic heterocycles. The summed E-state index contributed by atoms with van der Waals surface area (Å²) in [5, 5.41) is 7.66. The lowest BCUT2D eigenvalue weighted by Crippen LogP contribution is -2.22. The molecule has 2 aromatic carbocycles. The predicted octanol–water partition coefficient (Wildman–Crippen LogP) is 4.06. The number of hydrogen-bond donors (Lipinski definition) is 1. The quantitative estimate of drug-likeness (QED) is 0.594. The first-order valence-corrected chi connectivity index (χ1v) is 8.31. The van der Waals surface area contributed by atoms with Crippen LogP contribution in [0, 0.1) is 0 Å². The number of rotatable bonds is 5. The maximum Gasteiger partial charge on any atom is 0.254 e. The van der Waals surface area contributed by atoms with Crippen LogP contribution in [0.5, 0.6) is 0 Å². The molecule has 0 radical (unpaired) electrons. The molecule has 0 atom stereocenters. The average molecular weight is 343 g/mol. The van der Waals surface area contributed by atoms with Crippen molar-refractivity contribution in [3.63, 3.8) is 0 Å². The molecule has 0 spiro atoms. The summed E-state index contributed by atoms with van der Waals surface area (Å²) in [6.07, 6.45) is 4.87. The van der Waals surface area contributed by atoms with Crippen LogP contribution in [0.1, 0.15) is 15.9 Å². The number of nitrogens with one attached hydrogen (secondary N) is 1. The Hall–Kier alpha value is -3.60. The molecule has 0 aliphatic rings. The number of nitrogens with zero attached hydrogens (tertiary/aromatic N) is 2. The summed E-state index contributed by atoms with van der Waals surface area (Å²) in [6.45, 7) is 0.376. The molecule has 1 amide bonds. The van der Waals surface area contributed by atoms with E-state index in [-0.39, 0.29) is 5.91 Å². The second kappa shape index (κ2) is 7.11. The van der Waals surface area contributed by atoms with E-state index >= 15 is 0 Å². The largest absolute Gasteiger partial charge is 0.472 e. The highest BCUT2D eigenvalue weighted by Gasteiger charge is 2.14. The lowest BCUT2D eigenvalue weighted by atomic mass is 10.1. The van der Waals surface area contributed by atoms with Gasteiger partial charge >= 0.3 is 0 Å². The number of para-hydroxylation sites is 1. The van der Waals surface area contributed by atoms with Crippen molar-refractivity contribution < 1.29 is 9.21 Å².